The molecule has 7 heteroatoms. The number of rotatable bonds is 4. The standard InChI is InChI=1S/C20H22Cl2N4O/c21-14-5-6-18-16(13-14)20(19(27)24-18,15-3-1-2-4-17(15)22)26-11-9-25(8-7-23)10-12-26/h1-6,13H,7-12,23H2,(H,24,27). The largest absolute Gasteiger partial charge is 0.329 e. The van der Waals surface area contributed by atoms with Gasteiger partial charge in [-0.2, -0.15) is 0 Å². The highest BCUT2D eigenvalue weighted by atomic mass is 35.5. The summed E-state index contributed by atoms with van der Waals surface area (Å²) >= 11 is 12.9. The van der Waals surface area contributed by atoms with Gasteiger partial charge in [0.1, 0.15) is 0 Å². The van der Waals surface area contributed by atoms with Gasteiger partial charge >= 0.3 is 0 Å². The Balaban J connectivity index is 1.85. The van der Waals surface area contributed by atoms with Crippen LogP contribution in [0.15, 0.2) is 42.5 Å². The Bertz CT molecular complexity index is 867. The first-order valence-corrected chi connectivity index (χ1v) is 9.87. The molecule has 1 fully saturated rings. The third-order valence-corrected chi connectivity index (χ3v) is 6.07. The molecule has 2 aliphatic rings. The third-order valence-electron chi connectivity index (χ3n) is 5.50. The van der Waals surface area contributed by atoms with E-state index < -0.39 is 5.54 Å². The van der Waals surface area contributed by atoms with Crippen LogP contribution in [0.1, 0.15) is 11.1 Å². The zero-order valence-corrected chi connectivity index (χ0v) is 16.4. The molecular weight excluding hydrogens is 383 g/mol. The number of benzene rings is 2. The molecule has 27 heavy (non-hydrogen) atoms. The first-order valence-electron chi connectivity index (χ1n) is 9.11. The number of halogens is 2. The maximum Gasteiger partial charge on any atom is 0.254 e. The van der Waals surface area contributed by atoms with Crippen LogP contribution in [0, 0.1) is 0 Å². The van der Waals surface area contributed by atoms with Gasteiger partial charge in [-0.05, 0) is 24.3 Å². The Hall–Kier alpha value is -1.63. The molecule has 1 unspecified atom stereocenters. The van der Waals surface area contributed by atoms with Gasteiger partial charge in [0.05, 0.1) is 0 Å². The van der Waals surface area contributed by atoms with Crippen molar-refractivity contribution in [1.82, 2.24) is 9.80 Å². The highest BCUT2D eigenvalue weighted by Gasteiger charge is 2.54. The smallest absolute Gasteiger partial charge is 0.254 e. The zero-order chi connectivity index (χ0) is 19.0. The summed E-state index contributed by atoms with van der Waals surface area (Å²) in [6.45, 7) is 4.69. The summed E-state index contributed by atoms with van der Waals surface area (Å²) < 4.78 is 0. The topological polar surface area (TPSA) is 61.6 Å². The molecule has 0 aromatic heterocycles. The lowest BCUT2D eigenvalue weighted by atomic mass is 9.81. The minimum Gasteiger partial charge on any atom is -0.329 e. The minimum atomic E-state index is -0.979. The van der Waals surface area contributed by atoms with Gasteiger partial charge in [0.15, 0.2) is 5.54 Å². The van der Waals surface area contributed by atoms with Gasteiger partial charge in [-0.15, -0.1) is 0 Å². The summed E-state index contributed by atoms with van der Waals surface area (Å²) in [4.78, 5) is 18.0. The second-order valence-corrected chi connectivity index (χ2v) is 7.80. The monoisotopic (exact) mass is 404 g/mol. The Morgan fingerprint density at radius 1 is 1.04 bits per heavy atom. The summed E-state index contributed by atoms with van der Waals surface area (Å²) in [5.74, 6) is -0.0832. The van der Waals surface area contributed by atoms with E-state index in [-0.39, 0.29) is 5.91 Å². The van der Waals surface area contributed by atoms with E-state index in [1.165, 1.54) is 0 Å². The summed E-state index contributed by atoms with van der Waals surface area (Å²) in [5.41, 5.74) is 7.16. The van der Waals surface area contributed by atoms with E-state index in [2.05, 4.69) is 15.1 Å². The maximum absolute atomic E-state index is 13.4. The van der Waals surface area contributed by atoms with Crippen LogP contribution in [0.3, 0.4) is 0 Å². The Labute approximate surface area is 169 Å². The number of anilines is 1. The SMILES string of the molecule is NCCN1CCN(C2(c3ccccc3Cl)C(=O)Nc3ccc(Cl)cc32)CC1. The first-order chi connectivity index (χ1) is 13.1. The predicted octanol–water partition coefficient (Wildman–Crippen LogP) is 2.77. The predicted molar refractivity (Wildman–Crippen MR) is 109 cm³/mol. The molecule has 1 amide bonds. The highest BCUT2D eigenvalue weighted by molar-refractivity contribution is 6.32. The summed E-state index contributed by atoms with van der Waals surface area (Å²) in [6, 6.07) is 13.1. The highest BCUT2D eigenvalue weighted by Crippen LogP contribution is 2.48. The van der Waals surface area contributed by atoms with Crippen molar-refractivity contribution < 1.29 is 4.79 Å². The molecule has 1 atom stereocenters. The van der Waals surface area contributed by atoms with Crippen molar-refractivity contribution >= 4 is 34.8 Å². The maximum atomic E-state index is 13.4. The fourth-order valence-electron chi connectivity index (χ4n) is 4.26. The molecule has 3 N–H and O–H groups in total. The van der Waals surface area contributed by atoms with Gasteiger partial charge in [0, 0.05) is 66.1 Å². The minimum absolute atomic E-state index is 0.0832. The fourth-order valence-corrected chi connectivity index (χ4v) is 4.70. The zero-order valence-electron chi connectivity index (χ0n) is 14.9. The number of hydrogen-bond donors (Lipinski definition) is 2. The van der Waals surface area contributed by atoms with Gasteiger partial charge in [-0.25, -0.2) is 0 Å². The van der Waals surface area contributed by atoms with Crippen molar-refractivity contribution in [3.05, 3.63) is 63.6 Å². The average Bonchev–Trinajstić information content (AvgIpc) is 2.95. The molecule has 5 nitrogen and oxygen atoms in total. The van der Waals surface area contributed by atoms with Crippen molar-refractivity contribution in [1.29, 1.82) is 0 Å². The van der Waals surface area contributed by atoms with E-state index >= 15 is 0 Å². The number of nitrogens with zero attached hydrogens (tertiary/aromatic N) is 2. The number of carbonyl (C=O) groups excluding carboxylic acids is 1. The second kappa shape index (κ2) is 7.41. The molecule has 0 radical (unpaired) electrons. The van der Waals surface area contributed by atoms with Crippen molar-refractivity contribution in [2.45, 2.75) is 5.54 Å². The Morgan fingerprint density at radius 3 is 2.48 bits per heavy atom. The second-order valence-electron chi connectivity index (χ2n) is 6.95. The van der Waals surface area contributed by atoms with E-state index in [4.69, 9.17) is 28.9 Å². The lowest BCUT2D eigenvalue weighted by Crippen LogP contribution is -2.59. The molecule has 2 aromatic carbocycles. The molecule has 0 spiro atoms. The molecule has 4 rings (SSSR count). The van der Waals surface area contributed by atoms with Gasteiger partial charge in [-0.1, -0.05) is 41.4 Å². The number of carbonyl (C=O) groups is 1. The van der Waals surface area contributed by atoms with E-state index in [9.17, 15) is 4.79 Å². The van der Waals surface area contributed by atoms with Crippen LogP contribution in [-0.2, 0) is 10.3 Å². The molecule has 0 bridgehead atoms. The van der Waals surface area contributed by atoms with Gasteiger partial charge < -0.3 is 11.1 Å². The van der Waals surface area contributed by atoms with Crippen molar-refractivity contribution in [2.24, 2.45) is 5.73 Å². The molecule has 2 aliphatic heterocycles. The number of piperazine rings is 1. The number of fused-ring (bicyclic) bond motifs is 1. The van der Waals surface area contributed by atoms with Crippen LogP contribution < -0.4 is 11.1 Å². The van der Waals surface area contributed by atoms with Crippen LogP contribution in [0.5, 0.6) is 0 Å². The van der Waals surface area contributed by atoms with Crippen LogP contribution in [0.2, 0.25) is 10.0 Å². The van der Waals surface area contributed by atoms with Crippen LogP contribution >= 0.6 is 23.2 Å². The van der Waals surface area contributed by atoms with Crippen molar-refractivity contribution in [3.8, 4) is 0 Å². The van der Waals surface area contributed by atoms with Gasteiger partial charge in [0.25, 0.3) is 5.91 Å². The lowest BCUT2D eigenvalue weighted by molar-refractivity contribution is -0.126. The number of nitrogens with two attached hydrogens (primary N) is 1. The Morgan fingerprint density at radius 2 is 1.78 bits per heavy atom. The fraction of sp³-hybridized carbons (Fsp3) is 0.350. The number of hydrogen-bond acceptors (Lipinski definition) is 4. The molecule has 2 aromatic rings. The van der Waals surface area contributed by atoms with E-state index in [0.717, 1.165) is 49.5 Å². The average molecular weight is 405 g/mol. The summed E-state index contributed by atoms with van der Waals surface area (Å²) in [7, 11) is 0. The van der Waals surface area contributed by atoms with E-state index in [1.54, 1.807) is 6.07 Å². The third kappa shape index (κ3) is 3.04. The molecule has 142 valence electrons. The number of nitrogens with one attached hydrogen (secondary N) is 1. The van der Waals surface area contributed by atoms with E-state index in [1.807, 2.05) is 36.4 Å². The Kier molecular flexibility index (Phi) is 5.14. The van der Waals surface area contributed by atoms with Crippen molar-refractivity contribution in [2.75, 3.05) is 44.6 Å². The molecule has 0 saturated carbocycles. The van der Waals surface area contributed by atoms with Crippen molar-refractivity contribution in [3.63, 3.8) is 0 Å². The van der Waals surface area contributed by atoms with Gasteiger partial charge in [0.2, 0.25) is 0 Å². The summed E-state index contributed by atoms with van der Waals surface area (Å²) in [6.07, 6.45) is 0. The van der Waals surface area contributed by atoms with Crippen LogP contribution in [-0.4, -0.2) is 55.0 Å². The quantitative estimate of drug-likeness (QED) is 0.822. The number of amides is 1. The molecule has 1 saturated heterocycles. The first kappa shape index (κ1) is 18.7. The normalized spacial score (nSPS) is 23.3. The lowest BCUT2D eigenvalue weighted by Gasteiger charge is -2.45. The van der Waals surface area contributed by atoms with Crippen LogP contribution in [0.4, 0.5) is 5.69 Å². The van der Waals surface area contributed by atoms with E-state index in [0.29, 0.717) is 16.6 Å². The summed E-state index contributed by atoms with van der Waals surface area (Å²) in [5, 5.41) is 4.22. The van der Waals surface area contributed by atoms with Gasteiger partial charge in [-0.3, -0.25) is 14.6 Å². The molecule has 0 aliphatic carbocycles. The molecule has 2 heterocycles. The van der Waals surface area contributed by atoms with Crippen LogP contribution in [0.25, 0.3) is 0 Å². The molecular formula is C20H22Cl2N4O.